The maximum Gasteiger partial charge on any atom is 3.00 e. The predicted octanol–water partition coefficient (Wildman–Crippen LogP) is 10.0. The molecule has 4 aromatic carbocycles. The van der Waals surface area contributed by atoms with Crippen LogP contribution in [-0.2, 0) is 58.0 Å². The Morgan fingerprint density at radius 1 is 0.365 bits per heavy atom. The quantitative estimate of drug-likeness (QED) is 0.0917. The molecule has 7 aromatic rings. The number of benzene rings is 4. The molecule has 0 spiro atoms. The van der Waals surface area contributed by atoms with Crippen LogP contribution in [0, 0.1) is 35.7 Å². The van der Waals surface area contributed by atoms with Gasteiger partial charge in [-0.25, -0.2) is 0 Å². The van der Waals surface area contributed by atoms with Crippen molar-refractivity contribution in [2.75, 3.05) is 0 Å². The van der Waals surface area contributed by atoms with Crippen LogP contribution < -0.4 is 0 Å². The summed E-state index contributed by atoms with van der Waals surface area (Å²) in [6.45, 7) is 0. The van der Waals surface area contributed by atoms with Gasteiger partial charge in [0.2, 0.25) is 0 Å². The molecule has 0 fully saturated rings. The van der Waals surface area contributed by atoms with E-state index in [1.54, 1.807) is 18.2 Å². The fraction of sp³-hybridized carbons (Fsp3) is 0.133. The first kappa shape index (κ1) is 36.5. The summed E-state index contributed by atoms with van der Waals surface area (Å²) in [6, 6.07) is 41.1. The van der Waals surface area contributed by atoms with Crippen LogP contribution >= 0.6 is 0 Å². The Hall–Kier alpha value is -5.26. The number of nitrogens with zero attached hydrogens (tertiary/aromatic N) is 3. The van der Waals surface area contributed by atoms with E-state index in [4.69, 9.17) is 0 Å². The molecule has 0 bridgehead atoms. The second-order valence-corrected chi connectivity index (χ2v) is 12.6. The fourth-order valence-corrected chi connectivity index (χ4v) is 6.03. The van der Waals surface area contributed by atoms with Crippen molar-refractivity contribution in [2.45, 2.75) is 38.5 Å². The number of rotatable bonds is 12. The van der Waals surface area contributed by atoms with E-state index in [-0.39, 0.29) is 36.9 Å². The molecule has 258 valence electrons. The molecule has 0 saturated carbocycles. The molecule has 7 rings (SSSR count). The van der Waals surface area contributed by atoms with Crippen LogP contribution in [0.3, 0.4) is 0 Å². The Morgan fingerprint density at radius 2 is 0.654 bits per heavy atom. The summed E-state index contributed by atoms with van der Waals surface area (Å²) in [6.07, 6.45) is 10.7. The molecule has 0 radical (unpaired) electrons. The van der Waals surface area contributed by atoms with E-state index in [9.17, 15) is 13.2 Å². The van der Waals surface area contributed by atoms with E-state index in [2.05, 4.69) is 69.5 Å². The molecular formula is C45H33F3N3Rh. The molecule has 0 saturated heterocycles. The average Bonchev–Trinajstić information content (AvgIpc) is 3.17. The minimum atomic E-state index is -0.317. The Morgan fingerprint density at radius 3 is 0.885 bits per heavy atom. The van der Waals surface area contributed by atoms with Gasteiger partial charge in [-0.15, -0.1) is 89.5 Å². The predicted molar refractivity (Wildman–Crippen MR) is 194 cm³/mol. The molecule has 52 heavy (non-hydrogen) atoms. The summed E-state index contributed by atoms with van der Waals surface area (Å²) in [5.74, 6) is -0.952. The van der Waals surface area contributed by atoms with Gasteiger partial charge in [-0.05, 0) is 89.0 Å². The normalized spacial score (nSPS) is 10.9. The van der Waals surface area contributed by atoms with Crippen molar-refractivity contribution < 1.29 is 32.6 Å². The van der Waals surface area contributed by atoms with Gasteiger partial charge in [-0.2, -0.15) is 0 Å². The van der Waals surface area contributed by atoms with Crippen LogP contribution in [0.25, 0.3) is 33.8 Å². The maximum absolute atomic E-state index is 13.3. The number of aromatic nitrogens is 3. The van der Waals surface area contributed by atoms with Gasteiger partial charge in [-0.1, -0.05) is 54.6 Å². The van der Waals surface area contributed by atoms with Crippen LogP contribution in [0.15, 0.2) is 128 Å². The third kappa shape index (κ3) is 9.74. The van der Waals surface area contributed by atoms with Crippen molar-refractivity contribution in [2.24, 2.45) is 0 Å². The van der Waals surface area contributed by atoms with Crippen molar-refractivity contribution in [3.63, 3.8) is 0 Å². The van der Waals surface area contributed by atoms with E-state index in [1.807, 2.05) is 36.8 Å². The zero-order chi connectivity index (χ0) is 35.0. The summed E-state index contributed by atoms with van der Waals surface area (Å²) in [5, 5.41) is 0. The van der Waals surface area contributed by atoms with Gasteiger partial charge < -0.3 is 15.0 Å². The minimum Gasteiger partial charge on any atom is -0.304 e. The first-order valence-corrected chi connectivity index (χ1v) is 16.9. The van der Waals surface area contributed by atoms with E-state index < -0.39 is 0 Å². The standard InChI is InChI=1S/C45H33F3N3.Rh/c46-40-16-10-37(11-17-40)43-22-7-31(28-49-43)1-4-34-25-35(5-2-32-8-23-44(50-29-32)38-12-18-41(47)19-13-38)27-36(26-34)6-3-33-9-24-45(51-30-33)39-14-20-42(48)21-15-39;/h7-10,12,14,16-30H,1-6H2;/q-3;+3. The molecule has 0 aliphatic rings. The topological polar surface area (TPSA) is 38.7 Å². The van der Waals surface area contributed by atoms with Crippen LogP contribution in [0.2, 0.25) is 0 Å². The van der Waals surface area contributed by atoms with Crippen LogP contribution in [-0.4, -0.2) is 15.0 Å². The zero-order valence-electron chi connectivity index (χ0n) is 28.2. The number of aryl methyl sites for hydroxylation is 6. The van der Waals surface area contributed by atoms with Crippen LogP contribution in [0.4, 0.5) is 13.2 Å². The minimum absolute atomic E-state index is 0. The molecular weight excluding hydrogens is 742 g/mol. The van der Waals surface area contributed by atoms with Gasteiger partial charge in [0.1, 0.15) is 0 Å². The largest absolute Gasteiger partial charge is 3.00 e. The summed E-state index contributed by atoms with van der Waals surface area (Å²) >= 11 is 0. The number of halogens is 3. The average molecular weight is 776 g/mol. The Labute approximate surface area is 315 Å². The molecule has 0 amide bonds. The van der Waals surface area contributed by atoms with E-state index >= 15 is 0 Å². The monoisotopic (exact) mass is 775 g/mol. The van der Waals surface area contributed by atoms with Crippen LogP contribution in [0.1, 0.15) is 33.4 Å². The van der Waals surface area contributed by atoms with Crippen molar-refractivity contribution in [1.82, 2.24) is 15.0 Å². The second-order valence-electron chi connectivity index (χ2n) is 12.6. The molecule has 0 aliphatic heterocycles. The smallest absolute Gasteiger partial charge is 0.304 e. The van der Waals surface area contributed by atoms with Gasteiger partial charge in [-0.3, -0.25) is 13.2 Å². The molecule has 3 aromatic heterocycles. The van der Waals surface area contributed by atoms with E-state index in [1.165, 1.54) is 53.1 Å². The first-order valence-electron chi connectivity index (χ1n) is 16.9. The first-order chi connectivity index (χ1) is 24.9. The maximum atomic E-state index is 13.3. The summed E-state index contributed by atoms with van der Waals surface area (Å²) < 4.78 is 40.0. The van der Waals surface area contributed by atoms with Crippen molar-refractivity contribution in [3.8, 4) is 33.8 Å². The number of hydrogen-bond donors (Lipinski definition) is 0. The second kappa shape index (κ2) is 17.3. The van der Waals surface area contributed by atoms with Gasteiger partial charge in [0.15, 0.2) is 0 Å². The van der Waals surface area contributed by atoms with E-state index in [0.29, 0.717) is 0 Å². The van der Waals surface area contributed by atoms with Crippen molar-refractivity contribution >= 4 is 0 Å². The van der Waals surface area contributed by atoms with Gasteiger partial charge >= 0.3 is 19.5 Å². The summed E-state index contributed by atoms with van der Waals surface area (Å²) in [5.41, 5.74) is 11.7. The Bertz CT molecular complexity index is 1920. The van der Waals surface area contributed by atoms with Crippen LogP contribution in [0.5, 0.6) is 0 Å². The number of hydrogen-bond acceptors (Lipinski definition) is 3. The molecule has 0 unspecified atom stereocenters. The molecule has 7 heteroatoms. The molecule has 0 atom stereocenters. The number of pyridine rings is 3. The van der Waals surface area contributed by atoms with E-state index in [0.717, 1.165) is 89.0 Å². The fourth-order valence-electron chi connectivity index (χ4n) is 6.03. The Kier molecular flexibility index (Phi) is 12.2. The summed E-state index contributed by atoms with van der Waals surface area (Å²) in [7, 11) is 0. The third-order valence-electron chi connectivity index (χ3n) is 8.85. The van der Waals surface area contributed by atoms with Gasteiger partial charge in [0.05, 0.1) is 0 Å². The SMILES string of the molecule is Fc1c[c-]c(-c2ccc(CCc3cc(CCc4ccc(-c5[c-]cc(F)cc5)nc4)cc(CCc4ccc(-c5[c-]cc(F)cc5)nc4)c3)cn2)cc1.[Rh+3]. The van der Waals surface area contributed by atoms with Gasteiger partial charge in [0.25, 0.3) is 0 Å². The summed E-state index contributed by atoms with van der Waals surface area (Å²) in [4.78, 5) is 13.8. The Balaban J connectivity index is 0.00000464. The van der Waals surface area contributed by atoms with Crippen molar-refractivity contribution in [1.29, 1.82) is 0 Å². The molecule has 0 N–H and O–H groups in total. The van der Waals surface area contributed by atoms with Crippen molar-refractivity contribution in [3.05, 3.63) is 197 Å². The van der Waals surface area contributed by atoms with Gasteiger partial charge in [0, 0.05) is 36.0 Å². The molecule has 0 aliphatic carbocycles. The molecule has 3 heterocycles. The zero-order valence-corrected chi connectivity index (χ0v) is 29.8. The third-order valence-corrected chi connectivity index (χ3v) is 8.85. The molecule has 3 nitrogen and oxygen atoms in total.